The maximum Gasteiger partial charge on any atom is 0.119 e. The zero-order valence-corrected chi connectivity index (χ0v) is 12.0. The third kappa shape index (κ3) is 10.1. The first-order valence-corrected chi connectivity index (χ1v) is 6.48. The fourth-order valence-corrected chi connectivity index (χ4v) is 1.34. The minimum absolute atomic E-state index is 0.639. The molecule has 0 unspecified atom stereocenters. The Labute approximate surface area is 102 Å². The molecule has 1 saturated heterocycles. The molecule has 16 heavy (non-hydrogen) atoms. The van der Waals surface area contributed by atoms with E-state index >= 15 is 0 Å². The Kier molecular flexibility index (Phi) is 14.2. The van der Waals surface area contributed by atoms with Gasteiger partial charge in [-0.15, -0.1) is 0 Å². The van der Waals surface area contributed by atoms with E-state index in [2.05, 4.69) is 30.7 Å². The molecule has 1 rings (SSSR count). The summed E-state index contributed by atoms with van der Waals surface area (Å²) in [6.07, 6.45) is 1.51. The van der Waals surface area contributed by atoms with Crippen LogP contribution in [0.3, 0.4) is 0 Å². The van der Waals surface area contributed by atoms with Crippen molar-refractivity contribution in [2.75, 3.05) is 33.2 Å². The molecule has 1 aliphatic heterocycles. The molecule has 0 N–H and O–H groups in total. The fraction of sp³-hybridized carbons (Fsp3) is 0.923. The van der Waals surface area contributed by atoms with Crippen molar-refractivity contribution in [2.24, 2.45) is 0 Å². The van der Waals surface area contributed by atoms with Crippen molar-refractivity contribution in [1.82, 2.24) is 9.80 Å². The summed E-state index contributed by atoms with van der Waals surface area (Å²) in [4.78, 5) is 14.1. The zero-order chi connectivity index (χ0) is 13.0. The lowest BCUT2D eigenvalue weighted by atomic mass is 10.2. The van der Waals surface area contributed by atoms with Crippen LogP contribution in [0, 0.1) is 0 Å². The molecular formula is C13H30N2O. The molecule has 0 aromatic heterocycles. The summed E-state index contributed by atoms with van der Waals surface area (Å²) in [6.45, 7) is 15.3. The number of nitrogens with zero attached hydrogens (tertiary/aromatic N) is 2. The average Bonchev–Trinajstić information content (AvgIpc) is 2.32. The maximum absolute atomic E-state index is 9.17. The number of hydrogen-bond acceptors (Lipinski definition) is 3. The van der Waals surface area contributed by atoms with Crippen LogP contribution in [0.25, 0.3) is 0 Å². The van der Waals surface area contributed by atoms with Gasteiger partial charge in [0.05, 0.1) is 0 Å². The van der Waals surface area contributed by atoms with Crippen molar-refractivity contribution in [3.63, 3.8) is 0 Å². The first kappa shape index (κ1) is 18.0. The number of rotatable bonds is 2. The summed E-state index contributed by atoms with van der Waals surface area (Å²) >= 11 is 0. The molecule has 0 atom stereocenters. The zero-order valence-electron chi connectivity index (χ0n) is 12.0. The number of piperazine rings is 1. The van der Waals surface area contributed by atoms with Crippen LogP contribution >= 0.6 is 0 Å². The highest BCUT2D eigenvalue weighted by Crippen LogP contribution is 2.02. The van der Waals surface area contributed by atoms with Crippen LogP contribution < -0.4 is 0 Å². The van der Waals surface area contributed by atoms with E-state index in [1.165, 1.54) is 26.2 Å². The second kappa shape index (κ2) is 12.7. The smallest absolute Gasteiger partial charge is 0.119 e. The van der Waals surface area contributed by atoms with Crippen LogP contribution in [0.1, 0.15) is 41.0 Å². The summed E-state index contributed by atoms with van der Waals surface area (Å²) in [6, 6.07) is 0.730. The molecule has 0 aromatic rings. The molecule has 1 fully saturated rings. The van der Waals surface area contributed by atoms with Gasteiger partial charge < -0.3 is 9.69 Å². The predicted octanol–water partition coefficient (Wildman–Crippen LogP) is 2.26. The van der Waals surface area contributed by atoms with Gasteiger partial charge in [-0.1, -0.05) is 20.8 Å². The maximum atomic E-state index is 9.17. The van der Waals surface area contributed by atoms with Crippen LogP contribution in [0.4, 0.5) is 0 Å². The Balaban J connectivity index is 0. The minimum Gasteiger partial charge on any atom is -0.304 e. The van der Waals surface area contributed by atoms with Crippen molar-refractivity contribution in [3.05, 3.63) is 0 Å². The highest BCUT2D eigenvalue weighted by Gasteiger charge is 2.15. The SMILES string of the molecule is CC.CC(C)N1CCN(C)CC1.CCC=O. The second-order valence-corrected chi connectivity index (χ2v) is 4.01. The molecule has 0 radical (unpaired) electrons. The third-order valence-corrected chi connectivity index (χ3v) is 2.43. The van der Waals surface area contributed by atoms with Crippen LogP contribution in [-0.2, 0) is 4.79 Å². The monoisotopic (exact) mass is 230 g/mol. The largest absolute Gasteiger partial charge is 0.304 e. The molecule has 0 aromatic carbocycles. The molecule has 1 aliphatic rings. The lowest BCUT2D eigenvalue weighted by Crippen LogP contribution is -2.47. The molecule has 0 amide bonds. The van der Waals surface area contributed by atoms with Crippen molar-refractivity contribution >= 4 is 6.29 Å². The average molecular weight is 230 g/mol. The van der Waals surface area contributed by atoms with Gasteiger partial charge in [0, 0.05) is 38.6 Å². The normalized spacial score (nSPS) is 16.9. The first-order valence-electron chi connectivity index (χ1n) is 6.48. The standard InChI is InChI=1S/C8H18N2.C3H6O.C2H6/c1-8(2)10-6-4-9(3)5-7-10;1-2-3-4;1-2/h8H,4-7H2,1-3H3;3H,2H2,1H3;1-2H3. The van der Waals surface area contributed by atoms with Crippen molar-refractivity contribution in [3.8, 4) is 0 Å². The van der Waals surface area contributed by atoms with E-state index in [9.17, 15) is 4.79 Å². The van der Waals surface area contributed by atoms with Gasteiger partial charge in [0.15, 0.2) is 0 Å². The summed E-state index contributed by atoms with van der Waals surface area (Å²) in [7, 11) is 2.19. The molecule has 0 saturated carbocycles. The number of likely N-dealkylation sites (N-methyl/N-ethyl adjacent to an activating group) is 1. The number of aldehydes is 1. The molecule has 0 spiro atoms. The lowest BCUT2D eigenvalue weighted by molar-refractivity contribution is -0.107. The Morgan fingerprint density at radius 3 is 1.75 bits per heavy atom. The molecule has 0 aliphatic carbocycles. The minimum atomic E-state index is 0.639. The van der Waals surface area contributed by atoms with Gasteiger partial charge in [-0.3, -0.25) is 4.90 Å². The number of carbonyl (C=O) groups is 1. The van der Waals surface area contributed by atoms with Crippen LogP contribution in [0.2, 0.25) is 0 Å². The summed E-state index contributed by atoms with van der Waals surface area (Å²) in [5, 5.41) is 0. The van der Waals surface area contributed by atoms with Gasteiger partial charge in [-0.05, 0) is 20.9 Å². The summed E-state index contributed by atoms with van der Waals surface area (Å²) < 4.78 is 0. The highest BCUT2D eigenvalue weighted by molar-refractivity contribution is 5.48. The number of carbonyl (C=O) groups excluding carboxylic acids is 1. The summed E-state index contributed by atoms with van der Waals surface area (Å²) in [5.41, 5.74) is 0. The van der Waals surface area contributed by atoms with Crippen LogP contribution in [-0.4, -0.2) is 55.4 Å². The fourth-order valence-electron chi connectivity index (χ4n) is 1.34. The molecular weight excluding hydrogens is 200 g/mol. The lowest BCUT2D eigenvalue weighted by Gasteiger charge is -2.34. The Morgan fingerprint density at radius 1 is 1.12 bits per heavy atom. The number of hydrogen-bond donors (Lipinski definition) is 0. The molecule has 3 nitrogen and oxygen atoms in total. The Morgan fingerprint density at radius 2 is 1.50 bits per heavy atom. The Bertz CT molecular complexity index is 141. The van der Waals surface area contributed by atoms with E-state index in [1.54, 1.807) is 0 Å². The molecule has 1 heterocycles. The van der Waals surface area contributed by atoms with E-state index in [4.69, 9.17) is 0 Å². The van der Waals surface area contributed by atoms with Crippen molar-refractivity contribution < 1.29 is 4.79 Å². The van der Waals surface area contributed by atoms with Crippen molar-refractivity contribution in [1.29, 1.82) is 0 Å². The van der Waals surface area contributed by atoms with Gasteiger partial charge in [-0.2, -0.15) is 0 Å². The quantitative estimate of drug-likeness (QED) is 0.680. The van der Waals surface area contributed by atoms with E-state index < -0.39 is 0 Å². The second-order valence-electron chi connectivity index (χ2n) is 4.01. The molecule has 3 heteroatoms. The van der Waals surface area contributed by atoms with Gasteiger partial charge in [0.2, 0.25) is 0 Å². The molecule has 98 valence electrons. The van der Waals surface area contributed by atoms with Gasteiger partial charge in [0.25, 0.3) is 0 Å². The van der Waals surface area contributed by atoms with Crippen molar-refractivity contribution in [2.45, 2.75) is 47.1 Å². The topological polar surface area (TPSA) is 23.6 Å². The molecule has 0 bridgehead atoms. The van der Waals surface area contributed by atoms with Crippen LogP contribution in [0.5, 0.6) is 0 Å². The van der Waals surface area contributed by atoms with E-state index in [1.807, 2.05) is 20.8 Å². The first-order chi connectivity index (χ1) is 7.61. The predicted molar refractivity (Wildman–Crippen MR) is 71.9 cm³/mol. The van der Waals surface area contributed by atoms with E-state index in [0.717, 1.165) is 12.3 Å². The third-order valence-electron chi connectivity index (χ3n) is 2.43. The van der Waals surface area contributed by atoms with E-state index in [0.29, 0.717) is 6.42 Å². The van der Waals surface area contributed by atoms with E-state index in [-0.39, 0.29) is 0 Å². The summed E-state index contributed by atoms with van der Waals surface area (Å²) in [5.74, 6) is 0. The van der Waals surface area contributed by atoms with Gasteiger partial charge in [-0.25, -0.2) is 0 Å². The van der Waals surface area contributed by atoms with Gasteiger partial charge >= 0.3 is 0 Å². The van der Waals surface area contributed by atoms with Gasteiger partial charge in [0.1, 0.15) is 6.29 Å². The highest BCUT2D eigenvalue weighted by atomic mass is 16.1. The Hall–Kier alpha value is -0.410. The van der Waals surface area contributed by atoms with Crippen LogP contribution in [0.15, 0.2) is 0 Å².